The van der Waals surface area contributed by atoms with Gasteiger partial charge in [0.15, 0.2) is 0 Å². The summed E-state index contributed by atoms with van der Waals surface area (Å²) in [7, 11) is 0. The SMILES string of the molecule is CCCNC(Cc1ccc(Br)cn1)c1cc(Br)ccc1I. The minimum absolute atomic E-state index is 0.281. The first-order valence-electron chi connectivity index (χ1n) is 6.89. The molecule has 0 radical (unpaired) electrons. The Morgan fingerprint density at radius 2 is 1.95 bits per heavy atom. The molecule has 0 saturated heterocycles. The molecule has 0 spiro atoms. The van der Waals surface area contributed by atoms with Gasteiger partial charge in [-0.1, -0.05) is 22.9 Å². The van der Waals surface area contributed by atoms with Crippen molar-refractivity contribution in [1.29, 1.82) is 0 Å². The van der Waals surface area contributed by atoms with E-state index in [0.717, 1.165) is 34.0 Å². The third-order valence-electron chi connectivity index (χ3n) is 3.18. The van der Waals surface area contributed by atoms with E-state index in [1.54, 1.807) is 0 Å². The Hall–Kier alpha value is 0.0200. The second kappa shape index (κ2) is 8.60. The molecular weight excluding hydrogens is 507 g/mol. The van der Waals surface area contributed by atoms with Crippen molar-refractivity contribution in [2.45, 2.75) is 25.8 Å². The first kappa shape index (κ1) is 17.4. The van der Waals surface area contributed by atoms with Gasteiger partial charge in [-0.2, -0.15) is 0 Å². The maximum absolute atomic E-state index is 4.50. The summed E-state index contributed by atoms with van der Waals surface area (Å²) in [5.74, 6) is 0. The molecule has 2 rings (SSSR count). The van der Waals surface area contributed by atoms with Crippen LogP contribution in [0.15, 0.2) is 45.5 Å². The highest BCUT2D eigenvalue weighted by molar-refractivity contribution is 14.1. The molecule has 1 heterocycles. The maximum Gasteiger partial charge on any atom is 0.0423 e. The Kier molecular flexibility index (Phi) is 7.12. The third kappa shape index (κ3) is 5.30. The fraction of sp³-hybridized carbons (Fsp3) is 0.312. The van der Waals surface area contributed by atoms with E-state index in [1.807, 2.05) is 12.3 Å². The summed E-state index contributed by atoms with van der Waals surface area (Å²) in [5.41, 5.74) is 2.42. The smallest absolute Gasteiger partial charge is 0.0423 e. The van der Waals surface area contributed by atoms with E-state index in [-0.39, 0.29) is 6.04 Å². The lowest BCUT2D eigenvalue weighted by Gasteiger charge is -2.20. The second-order valence-corrected chi connectivity index (χ2v) is 7.84. The van der Waals surface area contributed by atoms with E-state index in [2.05, 4.69) is 95.9 Å². The molecule has 0 aliphatic carbocycles. The van der Waals surface area contributed by atoms with E-state index in [9.17, 15) is 0 Å². The number of benzene rings is 1. The molecule has 0 aliphatic heterocycles. The number of nitrogens with one attached hydrogen (secondary N) is 1. The Balaban J connectivity index is 2.25. The highest BCUT2D eigenvalue weighted by Crippen LogP contribution is 2.26. The van der Waals surface area contributed by atoms with Gasteiger partial charge in [0.25, 0.3) is 0 Å². The van der Waals surface area contributed by atoms with E-state index in [1.165, 1.54) is 9.13 Å². The molecular formula is C16H17Br2IN2. The third-order valence-corrected chi connectivity index (χ3v) is 5.12. The summed E-state index contributed by atoms with van der Waals surface area (Å²) in [6.45, 7) is 3.19. The van der Waals surface area contributed by atoms with Gasteiger partial charge in [-0.15, -0.1) is 0 Å². The molecule has 21 heavy (non-hydrogen) atoms. The van der Waals surface area contributed by atoms with Crippen molar-refractivity contribution in [1.82, 2.24) is 10.3 Å². The summed E-state index contributed by atoms with van der Waals surface area (Å²) in [6.07, 6.45) is 3.87. The number of aromatic nitrogens is 1. The van der Waals surface area contributed by atoms with Crippen molar-refractivity contribution in [3.05, 3.63) is 60.3 Å². The van der Waals surface area contributed by atoms with Gasteiger partial charge in [0, 0.05) is 36.9 Å². The second-order valence-electron chi connectivity index (χ2n) is 4.84. The summed E-state index contributed by atoms with van der Waals surface area (Å²) in [4.78, 5) is 4.50. The van der Waals surface area contributed by atoms with Gasteiger partial charge in [-0.3, -0.25) is 4.98 Å². The molecule has 1 atom stereocenters. The number of halogens is 3. The fourth-order valence-corrected chi connectivity index (χ4v) is 3.45. The molecule has 1 N–H and O–H groups in total. The number of rotatable bonds is 6. The Bertz CT molecular complexity index is 587. The molecule has 1 aromatic heterocycles. The number of pyridine rings is 1. The summed E-state index contributed by atoms with van der Waals surface area (Å²) < 4.78 is 3.41. The zero-order valence-electron chi connectivity index (χ0n) is 11.7. The van der Waals surface area contributed by atoms with Gasteiger partial charge in [-0.05, 0) is 87.4 Å². The summed E-state index contributed by atoms with van der Waals surface area (Å²) >= 11 is 9.41. The van der Waals surface area contributed by atoms with Gasteiger partial charge in [0.2, 0.25) is 0 Å². The van der Waals surface area contributed by atoms with Crippen LogP contribution in [-0.4, -0.2) is 11.5 Å². The van der Waals surface area contributed by atoms with Crippen LogP contribution in [0.25, 0.3) is 0 Å². The zero-order valence-corrected chi connectivity index (χ0v) is 17.1. The Labute approximate surface area is 156 Å². The van der Waals surface area contributed by atoms with Crippen molar-refractivity contribution >= 4 is 54.5 Å². The lowest BCUT2D eigenvalue weighted by molar-refractivity contribution is 0.522. The predicted molar refractivity (Wildman–Crippen MR) is 104 cm³/mol. The first-order chi connectivity index (χ1) is 10.1. The van der Waals surface area contributed by atoms with E-state index in [0.29, 0.717) is 0 Å². The van der Waals surface area contributed by atoms with Gasteiger partial charge in [0.05, 0.1) is 0 Å². The molecule has 0 amide bonds. The van der Waals surface area contributed by atoms with Crippen LogP contribution in [0.4, 0.5) is 0 Å². The van der Waals surface area contributed by atoms with Crippen LogP contribution in [0.3, 0.4) is 0 Å². The van der Waals surface area contributed by atoms with Gasteiger partial charge >= 0.3 is 0 Å². The van der Waals surface area contributed by atoms with E-state index in [4.69, 9.17) is 0 Å². The minimum Gasteiger partial charge on any atom is -0.310 e. The Morgan fingerprint density at radius 3 is 2.62 bits per heavy atom. The quantitative estimate of drug-likeness (QED) is 0.506. The van der Waals surface area contributed by atoms with Crippen molar-refractivity contribution in [2.75, 3.05) is 6.54 Å². The van der Waals surface area contributed by atoms with Crippen LogP contribution in [0, 0.1) is 3.57 Å². The molecule has 0 fully saturated rings. The number of nitrogens with zero attached hydrogens (tertiary/aromatic N) is 1. The zero-order chi connectivity index (χ0) is 15.2. The van der Waals surface area contributed by atoms with Crippen LogP contribution in [0.2, 0.25) is 0 Å². The summed E-state index contributed by atoms with van der Waals surface area (Å²) in [6, 6.07) is 10.8. The fourth-order valence-electron chi connectivity index (χ4n) is 2.13. The maximum atomic E-state index is 4.50. The van der Waals surface area contributed by atoms with Gasteiger partial charge in [-0.25, -0.2) is 0 Å². The average molecular weight is 524 g/mol. The van der Waals surface area contributed by atoms with Crippen molar-refractivity contribution in [3.8, 4) is 0 Å². The normalized spacial score (nSPS) is 12.4. The van der Waals surface area contributed by atoms with Crippen LogP contribution >= 0.6 is 54.5 Å². The molecule has 0 saturated carbocycles. The largest absolute Gasteiger partial charge is 0.310 e. The molecule has 1 aromatic carbocycles. The summed E-state index contributed by atoms with van der Waals surface area (Å²) in [5, 5.41) is 3.64. The molecule has 112 valence electrons. The van der Waals surface area contributed by atoms with Crippen LogP contribution < -0.4 is 5.32 Å². The first-order valence-corrected chi connectivity index (χ1v) is 9.55. The molecule has 5 heteroatoms. The molecule has 0 aliphatic rings. The van der Waals surface area contributed by atoms with Crippen molar-refractivity contribution in [3.63, 3.8) is 0 Å². The molecule has 2 aromatic rings. The topological polar surface area (TPSA) is 24.9 Å². The molecule has 2 nitrogen and oxygen atoms in total. The van der Waals surface area contributed by atoms with Crippen LogP contribution in [-0.2, 0) is 6.42 Å². The Morgan fingerprint density at radius 1 is 1.19 bits per heavy atom. The standard InChI is InChI=1S/C16H17Br2IN2/c1-2-7-20-16(9-13-5-3-12(18)10-21-13)14-8-11(17)4-6-15(14)19/h3-6,8,10,16,20H,2,7,9H2,1H3. The van der Waals surface area contributed by atoms with E-state index < -0.39 is 0 Å². The highest BCUT2D eigenvalue weighted by Gasteiger charge is 2.15. The van der Waals surface area contributed by atoms with Gasteiger partial charge in [0.1, 0.15) is 0 Å². The lowest BCUT2D eigenvalue weighted by atomic mass is 10.0. The van der Waals surface area contributed by atoms with Crippen LogP contribution in [0.1, 0.15) is 30.6 Å². The van der Waals surface area contributed by atoms with Crippen LogP contribution in [0.5, 0.6) is 0 Å². The average Bonchev–Trinajstić information content (AvgIpc) is 2.48. The highest BCUT2D eigenvalue weighted by atomic mass is 127. The van der Waals surface area contributed by atoms with E-state index >= 15 is 0 Å². The van der Waals surface area contributed by atoms with Crippen molar-refractivity contribution < 1.29 is 0 Å². The number of hydrogen-bond acceptors (Lipinski definition) is 2. The molecule has 1 unspecified atom stereocenters. The minimum atomic E-state index is 0.281. The molecule has 0 bridgehead atoms. The van der Waals surface area contributed by atoms with Crippen molar-refractivity contribution in [2.24, 2.45) is 0 Å². The monoisotopic (exact) mass is 522 g/mol. The number of hydrogen-bond donors (Lipinski definition) is 1. The predicted octanol–water partition coefficient (Wildman–Crippen LogP) is 5.49. The van der Waals surface area contributed by atoms with Gasteiger partial charge < -0.3 is 5.32 Å². The lowest BCUT2D eigenvalue weighted by Crippen LogP contribution is -2.25.